The molecule has 7 nitrogen and oxygen atoms in total. The molecule has 0 aliphatic carbocycles. The van der Waals surface area contributed by atoms with E-state index in [0.29, 0.717) is 59.4 Å². The van der Waals surface area contributed by atoms with Gasteiger partial charge in [-0.05, 0) is 6.54 Å². The molecule has 0 aliphatic rings. The molecule has 0 aromatic carbocycles. The molecule has 1 N–H and O–H groups in total. The Kier molecular flexibility index (Phi) is 23.6. The molecule has 0 spiro atoms. The number of hydrogen-bond acceptors (Lipinski definition) is 6. The van der Waals surface area contributed by atoms with E-state index in [9.17, 15) is 4.79 Å². The van der Waals surface area contributed by atoms with Crippen LogP contribution in [0.5, 0.6) is 0 Å². The molecule has 0 saturated carbocycles. The van der Waals surface area contributed by atoms with Crippen LogP contribution in [0.4, 0.5) is 0 Å². The first kappa shape index (κ1) is 27.5. The molecule has 26 heavy (non-hydrogen) atoms. The average molecular weight is 379 g/mol. The smallest absolute Gasteiger partial charge is 0.224 e. The normalized spacial score (nSPS) is 10.6. The summed E-state index contributed by atoms with van der Waals surface area (Å²) in [5.41, 5.74) is 0. The zero-order valence-electron chi connectivity index (χ0n) is 17.8. The molecule has 7 heteroatoms. The van der Waals surface area contributed by atoms with Gasteiger partial charge in [0.1, 0.15) is 0 Å². The number of amides is 1. The van der Waals surface area contributed by atoms with E-state index >= 15 is 0 Å². The Morgan fingerprint density at radius 2 is 1.27 bits per heavy atom. The van der Waals surface area contributed by atoms with Gasteiger partial charge in [0.25, 0.3) is 0 Å². The molecule has 0 rings (SSSR count). The maximum absolute atomic E-state index is 11.6. The molecule has 0 radical (unpaired) electrons. The topological polar surface area (TPSA) is 69.3 Å². The fourth-order valence-corrected chi connectivity index (χ4v) is 1.84. The van der Waals surface area contributed by atoms with Crippen LogP contribution in [0, 0.1) is 5.92 Å². The van der Waals surface area contributed by atoms with E-state index in [1.807, 2.05) is 27.7 Å². The lowest BCUT2D eigenvalue weighted by molar-refractivity contribution is -0.133. The SMILES string of the molecule is CC.CCNCCOCCOCCOCCOCCN(C)C(=O)C(C)C. The minimum atomic E-state index is 0.0248. The number of ether oxygens (including phenoxy) is 4. The molecule has 0 aliphatic heterocycles. The third kappa shape index (κ3) is 19.6. The summed E-state index contributed by atoms with van der Waals surface area (Å²) >= 11 is 0. The minimum absolute atomic E-state index is 0.0248. The highest BCUT2D eigenvalue weighted by atomic mass is 16.6. The van der Waals surface area contributed by atoms with Crippen molar-refractivity contribution in [2.24, 2.45) is 5.92 Å². The highest BCUT2D eigenvalue weighted by molar-refractivity contribution is 5.77. The number of nitrogens with one attached hydrogen (secondary N) is 1. The van der Waals surface area contributed by atoms with Gasteiger partial charge in [-0.2, -0.15) is 0 Å². The molecule has 0 atom stereocenters. The summed E-state index contributed by atoms with van der Waals surface area (Å²) in [5.74, 6) is 0.161. The maximum Gasteiger partial charge on any atom is 0.224 e. The van der Waals surface area contributed by atoms with Gasteiger partial charge in [-0.25, -0.2) is 0 Å². The van der Waals surface area contributed by atoms with Gasteiger partial charge < -0.3 is 29.2 Å². The van der Waals surface area contributed by atoms with E-state index in [4.69, 9.17) is 18.9 Å². The number of hydrogen-bond donors (Lipinski definition) is 1. The van der Waals surface area contributed by atoms with Gasteiger partial charge in [-0.3, -0.25) is 4.79 Å². The van der Waals surface area contributed by atoms with Crippen LogP contribution in [0.15, 0.2) is 0 Å². The van der Waals surface area contributed by atoms with Crippen molar-refractivity contribution in [1.82, 2.24) is 10.2 Å². The third-order valence-electron chi connectivity index (χ3n) is 3.23. The van der Waals surface area contributed by atoms with Gasteiger partial charge in [-0.15, -0.1) is 0 Å². The maximum atomic E-state index is 11.6. The molecule has 0 aromatic rings. The molecular formula is C19H42N2O5. The Morgan fingerprint density at radius 1 is 0.846 bits per heavy atom. The van der Waals surface area contributed by atoms with Gasteiger partial charge >= 0.3 is 0 Å². The van der Waals surface area contributed by atoms with E-state index in [0.717, 1.165) is 13.1 Å². The number of carbonyl (C=O) groups excluding carboxylic acids is 1. The first-order valence-electron chi connectivity index (χ1n) is 9.86. The summed E-state index contributed by atoms with van der Waals surface area (Å²) in [7, 11) is 1.80. The lowest BCUT2D eigenvalue weighted by atomic mass is 10.2. The number of carbonyl (C=O) groups is 1. The zero-order valence-corrected chi connectivity index (χ0v) is 17.8. The van der Waals surface area contributed by atoms with Crippen molar-refractivity contribution in [2.75, 3.05) is 79.5 Å². The second kappa shape index (κ2) is 22.3. The van der Waals surface area contributed by atoms with E-state index in [2.05, 4.69) is 12.2 Å². The van der Waals surface area contributed by atoms with Crippen molar-refractivity contribution in [3.8, 4) is 0 Å². The van der Waals surface area contributed by atoms with Gasteiger partial charge in [-0.1, -0.05) is 34.6 Å². The first-order valence-corrected chi connectivity index (χ1v) is 9.86. The molecule has 0 heterocycles. The lowest BCUT2D eigenvalue weighted by Crippen LogP contribution is -2.33. The van der Waals surface area contributed by atoms with E-state index < -0.39 is 0 Å². The average Bonchev–Trinajstić information content (AvgIpc) is 2.65. The van der Waals surface area contributed by atoms with E-state index in [-0.39, 0.29) is 11.8 Å². The van der Waals surface area contributed by atoms with Crippen molar-refractivity contribution in [3.05, 3.63) is 0 Å². The van der Waals surface area contributed by atoms with Crippen LogP contribution in [-0.2, 0) is 23.7 Å². The van der Waals surface area contributed by atoms with Crippen LogP contribution in [0.25, 0.3) is 0 Å². The number of rotatable bonds is 17. The quantitative estimate of drug-likeness (QED) is 0.389. The Labute approximate surface area is 160 Å². The highest BCUT2D eigenvalue weighted by Crippen LogP contribution is 1.98. The van der Waals surface area contributed by atoms with Gasteiger partial charge in [0, 0.05) is 26.1 Å². The molecule has 0 aromatic heterocycles. The number of nitrogens with zero attached hydrogens (tertiary/aromatic N) is 1. The van der Waals surface area contributed by atoms with Gasteiger partial charge in [0.15, 0.2) is 0 Å². The molecule has 0 unspecified atom stereocenters. The predicted molar refractivity (Wildman–Crippen MR) is 106 cm³/mol. The molecule has 0 saturated heterocycles. The second-order valence-electron chi connectivity index (χ2n) is 5.72. The third-order valence-corrected chi connectivity index (χ3v) is 3.23. The summed E-state index contributed by atoms with van der Waals surface area (Å²) in [6.07, 6.45) is 0. The standard InChI is InChI=1S/C17H36N2O5.C2H6/c1-5-18-6-8-21-10-12-23-14-15-24-13-11-22-9-7-19(4)17(20)16(2)3;1-2/h16,18H,5-15H2,1-4H3;1-2H3. The van der Waals surface area contributed by atoms with Crippen LogP contribution >= 0.6 is 0 Å². The van der Waals surface area contributed by atoms with Gasteiger partial charge in [0.05, 0.1) is 52.9 Å². The summed E-state index contributed by atoms with van der Waals surface area (Å²) in [5, 5.41) is 3.19. The summed E-state index contributed by atoms with van der Waals surface area (Å²) in [4.78, 5) is 13.3. The van der Waals surface area contributed by atoms with Crippen LogP contribution in [0.2, 0.25) is 0 Å². The molecular weight excluding hydrogens is 336 g/mol. The van der Waals surface area contributed by atoms with Crippen LogP contribution in [0.1, 0.15) is 34.6 Å². The molecule has 0 bridgehead atoms. The largest absolute Gasteiger partial charge is 0.378 e. The van der Waals surface area contributed by atoms with Crippen molar-refractivity contribution < 1.29 is 23.7 Å². The van der Waals surface area contributed by atoms with Crippen LogP contribution < -0.4 is 5.32 Å². The van der Waals surface area contributed by atoms with Crippen molar-refractivity contribution in [1.29, 1.82) is 0 Å². The Balaban J connectivity index is 0. The van der Waals surface area contributed by atoms with E-state index in [1.165, 1.54) is 0 Å². The zero-order chi connectivity index (χ0) is 20.0. The minimum Gasteiger partial charge on any atom is -0.378 e. The summed E-state index contributed by atoms with van der Waals surface area (Å²) in [6.45, 7) is 16.9. The Bertz CT molecular complexity index is 291. The molecule has 0 fully saturated rings. The highest BCUT2D eigenvalue weighted by Gasteiger charge is 2.11. The number of likely N-dealkylation sites (N-methyl/N-ethyl adjacent to an activating group) is 2. The predicted octanol–water partition coefficient (Wildman–Crippen LogP) is 1.80. The lowest BCUT2D eigenvalue weighted by Gasteiger charge is -2.19. The molecule has 158 valence electrons. The summed E-state index contributed by atoms with van der Waals surface area (Å²) < 4.78 is 21.6. The molecule has 1 amide bonds. The van der Waals surface area contributed by atoms with Crippen LogP contribution in [0.3, 0.4) is 0 Å². The second-order valence-corrected chi connectivity index (χ2v) is 5.72. The van der Waals surface area contributed by atoms with Crippen molar-refractivity contribution in [3.63, 3.8) is 0 Å². The first-order chi connectivity index (χ1) is 12.6. The Morgan fingerprint density at radius 3 is 1.69 bits per heavy atom. The van der Waals surface area contributed by atoms with Crippen molar-refractivity contribution >= 4 is 5.91 Å². The summed E-state index contributed by atoms with van der Waals surface area (Å²) in [6, 6.07) is 0. The van der Waals surface area contributed by atoms with Gasteiger partial charge in [0.2, 0.25) is 5.91 Å². The fourth-order valence-electron chi connectivity index (χ4n) is 1.84. The fraction of sp³-hybridized carbons (Fsp3) is 0.947. The monoisotopic (exact) mass is 378 g/mol. The Hall–Kier alpha value is -0.730. The van der Waals surface area contributed by atoms with E-state index in [1.54, 1.807) is 11.9 Å². The van der Waals surface area contributed by atoms with Crippen molar-refractivity contribution in [2.45, 2.75) is 34.6 Å². The van der Waals surface area contributed by atoms with Crippen LogP contribution in [-0.4, -0.2) is 90.3 Å².